The van der Waals surface area contributed by atoms with E-state index in [-0.39, 0.29) is 12.1 Å². The molecule has 1 saturated heterocycles. The topological polar surface area (TPSA) is 33.1 Å². The van der Waals surface area contributed by atoms with E-state index in [1.165, 1.54) is 22.5 Å². The molecule has 0 radical (unpaired) electrons. The van der Waals surface area contributed by atoms with Gasteiger partial charge in [-0.25, -0.2) is 0 Å². The predicted molar refractivity (Wildman–Crippen MR) is 114 cm³/mol. The number of rotatable bonds is 3. The number of benzene rings is 1. The van der Waals surface area contributed by atoms with E-state index in [9.17, 15) is 0 Å². The maximum absolute atomic E-state index is 5.77. The number of thiocarbonyl (C=S) groups is 1. The van der Waals surface area contributed by atoms with Crippen LogP contribution in [0.25, 0.3) is 0 Å². The fourth-order valence-corrected chi connectivity index (χ4v) is 4.18. The van der Waals surface area contributed by atoms with Crippen molar-refractivity contribution < 1.29 is 0 Å². The summed E-state index contributed by atoms with van der Waals surface area (Å²) in [6.45, 7) is 6.42. The number of aryl methyl sites for hydroxylation is 2. The number of nitrogens with zero attached hydrogens (tertiary/aromatic N) is 3. The van der Waals surface area contributed by atoms with Crippen LogP contribution in [0.3, 0.4) is 0 Å². The first-order valence-corrected chi connectivity index (χ1v) is 9.58. The molecule has 0 saturated carbocycles. The maximum Gasteiger partial charge on any atom is 0.174 e. The zero-order valence-corrected chi connectivity index (χ0v) is 16.9. The molecule has 2 aromatic heterocycles. The highest BCUT2D eigenvalue weighted by Gasteiger charge is 2.41. The average molecular weight is 377 g/mol. The Hall–Kier alpha value is -2.66. The Balaban J connectivity index is 1.87. The van der Waals surface area contributed by atoms with Crippen molar-refractivity contribution in [3.8, 4) is 0 Å². The van der Waals surface area contributed by atoms with Gasteiger partial charge < -0.3 is 14.8 Å². The van der Waals surface area contributed by atoms with Crippen LogP contribution in [0.4, 0.5) is 5.69 Å². The minimum absolute atomic E-state index is 0.000466. The molecule has 1 aliphatic heterocycles. The number of aromatic nitrogens is 2. The molecular weight excluding hydrogens is 352 g/mol. The van der Waals surface area contributed by atoms with E-state index in [1.807, 2.05) is 18.3 Å². The van der Waals surface area contributed by atoms with Crippen LogP contribution in [-0.2, 0) is 7.05 Å². The third kappa shape index (κ3) is 3.02. The zero-order chi connectivity index (χ0) is 19.1. The molecule has 5 heteroatoms. The van der Waals surface area contributed by atoms with Crippen molar-refractivity contribution >= 4 is 23.0 Å². The van der Waals surface area contributed by atoms with E-state index >= 15 is 0 Å². The molecule has 0 spiro atoms. The average Bonchev–Trinajstić information content (AvgIpc) is 3.14. The second-order valence-electron chi connectivity index (χ2n) is 7.22. The van der Waals surface area contributed by atoms with Gasteiger partial charge in [0, 0.05) is 30.3 Å². The van der Waals surface area contributed by atoms with Crippen LogP contribution in [0.15, 0.2) is 54.7 Å². The quantitative estimate of drug-likeness (QED) is 0.681. The molecule has 27 heavy (non-hydrogen) atoms. The minimum Gasteiger partial charge on any atom is -0.352 e. The van der Waals surface area contributed by atoms with Gasteiger partial charge >= 0.3 is 0 Å². The molecule has 0 bridgehead atoms. The molecule has 4 rings (SSSR count). The van der Waals surface area contributed by atoms with E-state index in [1.54, 1.807) is 0 Å². The molecule has 3 heterocycles. The Morgan fingerprint density at radius 1 is 1.04 bits per heavy atom. The fraction of sp³-hybridized carbons (Fsp3) is 0.273. The molecule has 2 atom stereocenters. The molecule has 1 N–H and O–H groups in total. The van der Waals surface area contributed by atoms with Gasteiger partial charge in [0.1, 0.15) is 0 Å². The monoisotopic (exact) mass is 376 g/mol. The molecule has 3 aromatic rings. The van der Waals surface area contributed by atoms with Gasteiger partial charge in [0.15, 0.2) is 5.11 Å². The number of anilines is 1. The SMILES string of the molecule is Cc1ccc(N2C(=S)N[C@@H](c3ccccn3)[C@@H]2c2cc(C)n(C)c2C)cc1. The molecule has 138 valence electrons. The first-order valence-electron chi connectivity index (χ1n) is 9.17. The Bertz CT molecular complexity index is 976. The summed E-state index contributed by atoms with van der Waals surface area (Å²) in [6.07, 6.45) is 1.84. The second kappa shape index (κ2) is 6.82. The Morgan fingerprint density at radius 3 is 2.37 bits per heavy atom. The molecule has 1 fully saturated rings. The summed E-state index contributed by atoms with van der Waals surface area (Å²) in [4.78, 5) is 6.85. The largest absolute Gasteiger partial charge is 0.352 e. The maximum atomic E-state index is 5.77. The molecule has 4 nitrogen and oxygen atoms in total. The summed E-state index contributed by atoms with van der Waals surface area (Å²) >= 11 is 5.77. The van der Waals surface area contributed by atoms with E-state index in [0.717, 1.165) is 16.5 Å². The van der Waals surface area contributed by atoms with Crippen LogP contribution < -0.4 is 10.2 Å². The van der Waals surface area contributed by atoms with Crippen LogP contribution in [0, 0.1) is 20.8 Å². The van der Waals surface area contributed by atoms with Gasteiger partial charge in [-0.3, -0.25) is 4.98 Å². The van der Waals surface area contributed by atoms with Crippen molar-refractivity contribution in [1.29, 1.82) is 0 Å². The lowest BCUT2D eigenvalue weighted by atomic mass is 9.96. The van der Waals surface area contributed by atoms with E-state index in [4.69, 9.17) is 12.2 Å². The van der Waals surface area contributed by atoms with Crippen LogP contribution in [0.2, 0.25) is 0 Å². The van der Waals surface area contributed by atoms with Gasteiger partial charge in [-0.15, -0.1) is 0 Å². The standard InChI is InChI=1S/C22H24N4S/c1-14-8-10-17(11-9-14)26-21(18-13-15(2)25(4)16(18)3)20(24-22(26)27)19-7-5-6-12-23-19/h5-13,20-21H,1-4H3,(H,24,27)/t20-,21-/m0/s1. The summed E-state index contributed by atoms with van der Waals surface area (Å²) in [5.74, 6) is 0. The Labute approximate surface area is 165 Å². The molecule has 1 aromatic carbocycles. The highest BCUT2D eigenvalue weighted by Crippen LogP contribution is 2.43. The highest BCUT2D eigenvalue weighted by atomic mass is 32.1. The number of pyridine rings is 1. The predicted octanol–water partition coefficient (Wildman–Crippen LogP) is 4.52. The molecule has 0 amide bonds. The van der Waals surface area contributed by atoms with Crippen molar-refractivity contribution in [3.05, 3.63) is 82.9 Å². The third-order valence-electron chi connectivity index (χ3n) is 5.54. The fourth-order valence-electron chi connectivity index (χ4n) is 3.84. The lowest BCUT2D eigenvalue weighted by Gasteiger charge is -2.28. The van der Waals surface area contributed by atoms with Gasteiger partial charge in [0.2, 0.25) is 0 Å². The Kier molecular flexibility index (Phi) is 4.48. The van der Waals surface area contributed by atoms with Crippen molar-refractivity contribution in [2.75, 3.05) is 4.90 Å². The summed E-state index contributed by atoms with van der Waals surface area (Å²) < 4.78 is 2.24. The van der Waals surface area contributed by atoms with E-state index in [0.29, 0.717) is 0 Å². The summed E-state index contributed by atoms with van der Waals surface area (Å²) in [5, 5.41) is 4.26. The lowest BCUT2D eigenvalue weighted by molar-refractivity contribution is 0.564. The Morgan fingerprint density at radius 2 is 1.78 bits per heavy atom. The summed E-state index contributed by atoms with van der Waals surface area (Å²) in [6, 6.07) is 16.9. The molecule has 0 aliphatic carbocycles. The third-order valence-corrected chi connectivity index (χ3v) is 5.86. The van der Waals surface area contributed by atoms with Crippen molar-refractivity contribution in [2.24, 2.45) is 7.05 Å². The molecule has 0 unspecified atom stereocenters. The van der Waals surface area contributed by atoms with Crippen LogP contribution >= 0.6 is 12.2 Å². The van der Waals surface area contributed by atoms with Crippen LogP contribution in [0.1, 0.15) is 40.3 Å². The lowest BCUT2D eigenvalue weighted by Crippen LogP contribution is -2.29. The van der Waals surface area contributed by atoms with Gasteiger partial charge in [-0.05, 0) is 68.9 Å². The number of hydrogen-bond acceptors (Lipinski definition) is 2. The van der Waals surface area contributed by atoms with Gasteiger partial charge in [0.25, 0.3) is 0 Å². The number of hydrogen-bond donors (Lipinski definition) is 1. The van der Waals surface area contributed by atoms with Crippen LogP contribution in [0.5, 0.6) is 0 Å². The number of nitrogens with one attached hydrogen (secondary N) is 1. The van der Waals surface area contributed by atoms with Crippen molar-refractivity contribution in [1.82, 2.24) is 14.9 Å². The molecule has 1 aliphatic rings. The second-order valence-corrected chi connectivity index (χ2v) is 7.60. The van der Waals surface area contributed by atoms with Gasteiger partial charge in [-0.2, -0.15) is 0 Å². The zero-order valence-electron chi connectivity index (χ0n) is 16.1. The highest BCUT2D eigenvalue weighted by molar-refractivity contribution is 7.80. The summed E-state index contributed by atoms with van der Waals surface area (Å²) in [5.41, 5.74) is 7.11. The minimum atomic E-state index is 0.000466. The van der Waals surface area contributed by atoms with Gasteiger partial charge in [-0.1, -0.05) is 23.8 Å². The van der Waals surface area contributed by atoms with E-state index < -0.39 is 0 Å². The van der Waals surface area contributed by atoms with Crippen molar-refractivity contribution in [3.63, 3.8) is 0 Å². The first kappa shape index (κ1) is 17.7. The van der Waals surface area contributed by atoms with Gasteiger partial charge in [0.05, 0.1) is 17.8 Å². The van der Waals surface area contributed by atoms with Crippen molar-refractivity contribution in [2.45, 2.75) is 32.9 Å². The normalized spacial score (nSPS) is 19.4. The molecular formula is C22H24N4S. The summed E-state index contributed by atoms with van der Waals surface area (Å²) in [7, 11) is 2.11. The smallest absolute Gasteiger partial charge is 0.174 e. The van der Waals surface area contributed by atoms with Crippen LogP contribution in [-0.4, -0.2) is 14.7 Å². The first-order chi connectivity index (χ1) is 13.0. The van der Waals surface area contributed by atoms with E-state index in [2.05, 4.69) is 84.0 Å².